The van der Waals surface area contributed by atoms with Crippen LogP contribution in [0.15, 0.2) is 18.2 Å². The van der Waals surface area contributed by atoms with Crippen LogP contribution in [0, 0.1) is 5.92 Å². The van der Waals surface area contributed by atoms with Crippen LogP contribution in [0.3, 0.4) is 0 Å². The minimum Gasteiger partial charge on any atom is -0.492 e. The van der Waals surface area contributed by atoms with Crippen LogP contribution in [-0.4, -0.2) is 19.2 Å². The Kier molecular flexibility index (Phi) is 3.55. The van der Waals surface area contributed by atoms with Crippen LogP contribution in [0.5, 0.6) is 5.75 Å². The van der Waals surface area contributed by atoms with Gasteiger partial charge in [-0.15, -0.1) is 0 Å². The van der Waals surface area contributed by atoms with Gasteiger partial charge < -0.3 is 10.1 Å². The van der Waals surface area contributed by atoms with Crippen molar-refractivity contribution in [2.24, 2.45) is 5.92 Å². The maximum atomic E-state index is 5.82. The summed E-state index contributed by atoms with van der Waals surface area (Å²) < 4.78 is 5.82. The van der Waals surface area contributed by atoms with E-state index in [1.165, 1.54) is 43.2 Å². The van der Waals surface area contributed by atoms with Crippen LogP contribution >= 0.6 is 0 Å². The summed E-state index contributed by atoms with van der Waals surface area (Å²) in [6, 6.07) is 7.24. The van der Waals surface area contributed by atoms with Crippen molar-refractivity contribution in [3.63, 3.8) is 0 Å². The molecule has 3 rings (SSSR count). The zero-order valence-corrected chi connectivity index (χ0v) is 11.2. The summed E-state index contributed by atoms with van der Waals surface area (Å²) >= 11 is 0. The highest BCUT2D eigenvalue weighted by Gasteiger charge is 2.27. The lowest BCUT2D eigenvalue weighted by Crippen LogP contribution is -2.31. The predicted octanol–water partition coefficient (Wildman–Crippen LogP) is 2.94. The van der Waals surface area contributed by atoms with E-state index in [4.69, 9.17) is 4.74 Å². The van der Waals surface area contributed by atoms with Crippen LogP contribution in [-0.2, 0) is 12.8 Å². The molecule has 98 valence electrons. The van der Waals surface area contributed by atoms with Crippen molar-refractivity contribution >= 4 is 0 Å². The van der Waals surface area contributed by atoms with Gasteiger partial charge in [0.05, 0.1) is 0 Å². The summed E-state index contributed by atoms with van der Waals surface area (Å²) in [5.41, 5.74) is 3.01. The molecule has 0 radical (unpaired) electrons. The van der Waals surface area contributed by atoms with Crippen LogP contribution in [0.4, 0.5) is 0 Å². The first-order chi connectivity index (χ1) is 8.83. The normalized spacial score (nSPS) is 19.6. The van der Waals surface area contributed by atoms with Gasteiger partial charge in [-0.05, 0) is 68.2 Å². The lowest BCUT2D eigenvalue weighted by molar-refractivity contribution is 0.303. The summed E-state index contributed by atoms with van der Waals surface area (Å²) in [7, 11) is 0. The molecule has 0 spiro atoms. The highest BCUT2D eigenvalue weighted by atomic mass is 16.5. The van der Waals surface area contributed by atoms with Gasteiger partial charge in [-0.3, -0.25) is 0 Å². The second kappa shape index (κ2) is 5.31. The van der Waals surface area contributed by atoms with Gasteiger partial charge >= 0.3 is 0 Å². The number of hydrogen-bond acceptors (Lipinski definition) is 2. The third-order valence-corrected chi connectivity index (χ3v) is 4.24. The molecule has 0 amide bonds. The summed E-state index contributed by atoms with van der Waals surface area (Å²) in [6.45, 7) is 4.01. The van der Waals surface area contributed by atoms with Crippen molar-refractivity contribution in [1.82, 2.24) is 5.32 Å². The van der Waals surface area contributed by atoms with Gasteiger partial charge in [-0.2, -0.15) is 0 Å². The molecule has 2 nitrogen and oxygen atoms in total. The van der Waals surface area contributed by atoms with E-state index in [0.29, 0.717) is 6.04 Å². The van der Waals surface area contributed by atoms with Gasteiger partial charge in [0.2, 0.25) is 0 Å². The highest BCUT2D eigenvalue weighted by Crippen LogP contribution is 2.32. The minimum atomic E-state index is 0.661. The molecule has 0 aliphatic heterocycles. The summed E-state index contributed by atoms with van der Waals surface area (Å²) in [6.07, 6.45) is 6.58. The molecule has 0 heterocycles. The topological polar surface area (TPSA) is 21.3 Å². The molecule has 2 heteroatoms. The lowest BCUT2D eigenvalue weighted by atomic mass is 10.1. The number of ether oxygens (including phenoxy) is 1. The fraction of sp³-hybridized carbons (Fsp3) is 0.625. The fourth-order valence-electron chi connectivity index (χ4n) is 2.86. The van der Waals surface area contributed by atoms with Crippen LogP contribution < -0.4 is 10.1 Å². The van der Waals surface area contributed by atoms with Crippen LogP contribution in [0.1, 0.15) is 37.3 Å². The molecule has 1 aromatic rings. The third kappa shape index (κ3) is 2.86. The van der Waals surface area contributed by atoms with E-state index in [1.54, 1.807) is 0 Å². The van der Waals surface area contributed by atoms with Gasteiger partial charge in [0.1, 0.15) is 12.4 Å². The molecule has 1 fully saturated rings. The number of benzene rings is 1. The average molecular weight is 245 g/mol. The van der Waals surface area contributed by atoms with Crippen molar-refractivity contribution < 1.29 is 4.74 Å². The van der Waals surface area contributed by atoms with E-state index < -0.39 is 0 Å². The van der Waals surface area contributed by atoms with E-state index in [1.807, 2.05) is 0 Å². The Morgan fingerprint density at radius 2 is 2.11 bits per heavy atom. The number of aryl methyl sites for hydroxylation is 2. The van der Waals surface area contributed by atoms with Crippen LogP contribution in [0.2, 0.25) is 0 Å². The first-order valence-electron chi connectivity index (χ1n) is 7.31. The Morgan fingerprint density at radius 3 is 2.94 bits per heavy atom. The van der Waals surface area contributed by atoms with Crippen molar-refractivity contribution in [3.05, 3.63) is 29.3 Å². The van der Waals surface area contributed by atoms with E-state index >= 15 is 0 Å². The Hall–Kier alpha value is -1.02. The van der Waals surface area contributed by atoms with Gasteiger partial charge in [0.25, 0.3) is 0 Å². The molecule has 1 saturated carbocycles. The molecule has 0 bridgehead atoms. The summed E-state index contributed by atoms with van der Waals surface area (Å²) in [5.74, 6) is 1.96. The largest absolute Gasteiger partial charge is 0.492 e. The Balaban J connectivity index is 1.42. The average Bonchev–Trinajstić information content (AvgIpc) is 3.13. The first-order valence-corrected chi connectivity index (χ1v) is 7.31. The van der Waals surface area contributed by atoms with E-state index in [0.717, 1.165) is 24.8 Å². The standard InChI is InChI=1S/C16H23NO/c1-12(13-5-6-13)17-9-10-18-16-8-7-14-3-2-4-15(14)11-16/h7-8,11-13,17H,2-6,9-10H2,1H3. The summed E-state index contributed by atoms with van der Waals surface area (Å²) in [4.78, 5) is 0. The fourth-order valence-corrected chi connectivity index (χ4v) is 2.86. The quantitative estimate of drug-likeness (QED) is 0.778. The highest BCUT2D eigenvalue weighted by molar-refractivity contribution is 5.38. The van der Waals surface area contributed by atoms with E-state index in [9.17, 15) is 0 Å². The Labute approximate surface area is 110 Å². The van der Waals surface area contributed by atoms with Crippen LogP contribution in [0.25, 0.3) is 0 Å². The molecule has 18 heavy (non-hydrogen) atoms. The molecule has 1 N–H and O–H groups in total. The van der Waals surface area contributed by atoms with E-state index in [-0.39, 0.29) is 0 Å². The van der Waals surface area contributed by atoms with Crippen molar-refractivity contribution in [2.75, 3.05) is 13.2 Å². The van der Waals surface area contributed by atoms with Gasteiger partial charge in [-0.1, -0.05) is 6.07 Å². The third-order valence-electron chi connectivity index (χ3n) is 4.24. The van der Waals surface area contributed by atoms with Crippen molar-refractivity contribution in [1.29, 1.82) is 0 Å². The van der Waals surface area contributed by atoms with Gasteiger partial charge in [0.15, 0.2) is 0 Å². The second-order valence-electron chi connectivity index (χ2n) is 5.71. The van der Waals surface area contributed by atoms with Gasteiger partial charge in [0, 0.05) is 12.6 Å². The molecule has 0 aromatic heterocycles. The maximum absolute atomic E-state index is 5.82. The van der Waals surface area contributed by atoms with Crippen molar-refractivity contribution in [3.8, 4) is 5.75 Å². The zero-order chi connectivity index (χ0) is 12.4. The monoisotopic (exact) mass is 245 g/mol. The number of nitrogens with one attached hydrogen (secondary N) is 1. The molecule has 0 saturated heterocycles. The first kappa shape index (κ1) is 12.0. The zero-order valence-electron chi connectivity index (χ0n) is 11.2. The molecule has 1 atom stereocenters. The number of fused-ring (bicyclic) bond motifs is 1. The predicted molar refractivity (Wildman–Crippen MR) is 74.2 cm³/mol. The molecule has 2 aliphatic carbocycles. The smallest absolute Gasteiger partial charge is 0.119 e. The summed E-state index contributed by atoms with van der Waals surface area (Å²) in [5, 5.41) is 3.54. The molecular formula is C16H23NO. The molecule has 2 aliphatic rings. The molecule has 1 aromatic carbocycles. The Morgan fingerprint density at radius 1 is 1.28 bits per heavy atom. The minimum absolute atomic E-state index is 0.661. The molecular weight excluding hydrogens is 222 g/mol. The lowest BCUT2D eigenvalue weighted by Gasteiger charge is -2.13. The maximum Gasteiger partial charge on any atom is 0.119 e. The second-order valence-corrected chi connectivity index (χ2v) is 5.71. The Bertz CT molecular complexity index is 412. The van der Waals surface area contributed by atoms with Gasteiger partial charge in [-0.25, -0.2) is 0 Å². The van der Waals surface area contributed by atoms with E-state index in [2.05, 4.69) is 30.4 Å². The van der Waals surface area contributed by atoms with Crippen molar-refractivity contribution in [2.45, 2.75) is 45.1 Å². The molecule has 1 unspecified atom stereocenters. The SMILES string of the molecule is CC(NCCOc1ccc2c(c1)CCC2)C1CC1. The number of rotatable bonds is 6. The number of hydrogen-bond donors (Lipinski definition) is 1.